The molecule has 0 N–H and O–H groups in total. The van der Waals surface area contributed by atoms with Crippen molar-refractivity contribution in [2.45, 2.75) is 12.8 Å². The highest BCUT2D eigenvalue weighted by Gasteiger charge is 2.54. The lowest BCUT2D eigenvalue weighted by atomic mass is 9.72. The number of benzene rings is 2. The summed E-state index contributed by atoms with van der Waals surface area (Å²) >= 11 is 6.28. The Labute approximate surface area is 201 Å². The molecule has 2 saturated heterocycles. The Balaban J connectivity index is 1.14. The summed E-state index contributed by atoms with van der Waals surface area (Å²) in [6, 6.07) is 14.3. The van der Waals surface area contributed by atoms with Crippen LogP contribution in [-0.4, -0.2) is 63.6 Å². The number of hydrogen-bond acceptors (Lipinski definition) is 6. The second kappa shape index (κ2) is 7.06. The number of amides is 1. The van der Waals surface area contributed by atoms with Crippen LogP contribution in [-0.2, 0) is 4.79 Å². The fraction of sp³-hybridized carbons (Fsp3) is 0.360. The lowest BCUT2D eigenvalue weighted by Crippen LogP contribution is -2.73. The van der Waals surface area contributed by atoms with Crippen LogP contribution in [0.25, 0.3) is 16.7 Å². The Bertz CT molecular complexity index is 1450. The highest BCUT2D eigenvalue weighted by atomic mass is 35.5. The first-order chi connectivity index (χ1) is 16.5. The summed E-state index contributed by atoms with van der Waals surface area (Å²) in [7, 11) is 2.02. The van der Waals surface area contributed by atoms with Crippen LogP contribution in [0.3, 0.4) is 0 Å². The molecule has 172 valence electrons. The molecule has 0 bridgehead atoms. The number of carbonyl (C=O) groups is 1. The van der Waals surface area contributed by atoms with Gasteiger partial charge in [0, 0.05) is 66.3 Å². The van der Waals surface area contributed by atoms with Gasteiger partial charge >= 0.3 is 0 Å². The van der Waals surface area contributed by atoms with Crippen LogP contribution in [0.2, 0.25) is 5.02 Å². The van der Waals surface area contributed by atoms with E-state index in [4.69, 9.17) is 16.6 Å². The maximum Gasteiger partial charge on any atom is 0.257 e. The molecule has 0 atom stereocenters. The van der Waals surface area contributed by atoms with E-state index in [1.54, 1.807) is 6.33 Å². The number of likely N-dealkylation sites (tertiary alicyclic amines) is 1. The van der Waals surface area contributed by atoms with E-state index in [0.717, 1.165) is 61.4 Å². The monoisotopic (exact) mass is 473 g/mol. The number of fused-ring (bicyclic) bond motifs is 3. The molecule has 2 aromatic carbocycles. The van der Waals surface area contributed by atoms with Crippen LogP contribution in [0.4, 0.5) is 17.2 Å². The molecule has 0 radical (unpaired) electrons. The zero-order valence-corrected chi connectivity index (χ0v) is 19.6. The minimum atomic E-state index is 0.280. The van der Waals surface area contributed by atoms with E-state index in [9.17, 15) is 4.79 Å². The first-order valence-corrected chi connectivity index (χ1v) is 12.0. The minimum absolute atomic E-state index is 0.280. The molecule has 0 unspecified atom stereocenters. The molecule has 4 aromatic rings. The summed E-state index contributed by atoms with van der Waals surface area (Å²) in [6.45, 7) is 3.82. The van der Waals surface area contributed by atoms with Crippen molar-refractivity contribution in [2.24, 2.45) is 11.3 Å². The molecule has 2 aromatic heterocycles. The largest absolute Gasteiger partial charge is 0.370 e. The second-order valence-electron chi connectivity index (χ2n) is 10.0. The molecule has 1 saturated carbocycles. The maximum atomic E-state index is 12.3. The predicted molar refractivity (Wildman–Crippen MR) is 132 cm³/mol. The number of aromatic nitrogens is 4. The Morgan fingerprint density at radius 1 is 1.12 bits per heavy atom. The summed E-state index contributed by atoms with van der Waals surface area (Å²) in [5.74, 6) is 2.03. The summed E-state index contributed by atoms with van der Waals surface area (Å²) in [5, 5.41) is 9.82. The summed E-state index contributed by atoms with van der Waals surface area (Å²) in [4.78, 5) is 23.6. The van der Waals surface area contributed by atoms with Gasteiger partial charge in [-0.1, -0.05) is 17.7 Å². The predicted octanol–water partition coefficient (Wildman–Crippen LogP) is 3.76. The van der Waals surface area contributed by atoms with Crippen LogP contribution >= 0.6 is 11.6 Å². The molecule has 1 amide bonds. The molecule has 7 rings (SSSR count). The van der Waals surface area contributed by atoms with E-state index in [1.807, 2.05) is 29.6 Å². The van der Waals surface area contributed by atoms with E-state index >= 15 is 0 Å². The Kier molecular flexibility index (Phi) is 4.16. The van der Waals surface area contributed by atoms with E-state index in [-0.39, 0.29) is 5.41 Å². The van der Waals surface area contributed by atoms with Gasteiger partial charge in [0.1, 0.15) is 12.1 Å². The normalized spacial score (nSPS) is 18.9. The van der Waals surface area contributed by atoms with Gasteiger partial charge in [0.2, 0.25) is 5.91 Å². The summed E-state index contributed by atoms with van der Waals surface area (Å²) < 4.78 is 1.85. The average Bonchev–Trinajstić information content (AvgIpc) is 3.53. The van der Waals surface area contributed by atoms with E-state index < -0.39 is 0 Å². The summed E-state index contributed by atoms with van der Waals surface area (Å²) in [6.07, 6.45) is 3.82. The van der Waals surface area contributed by atoms with Crippen LogP contribution in [0.5, 0.6) is 0 Å². The van der Waals surface area contributed by atoms with Crippen LogP contribution in [0, 0.1) is 11.3 Å². The summed E-state index contributed by atoms with van der Waals surface area (Å²) in [5.41, 5.74) is 3.44. The lowest BCUT2D eigenvalue weighted by molar-refractivity contribution is -0.146. The number of nitrogens with zero attached hydrogens (tertiary/aromatic N) is 7. The molecule has 9 heteroatoms. The molecule has 1 aliphatic carbocycles. The van der Waals surface area contributed by atoms with Gasteiger partial charge in [-0.3, -0.25) is 9.20 Å². The van der Waals surface area contributed by atoms with Crippen molar-refractivity contribution in [3.63, 3.8) is 0 Å². The fourth-order valence-electron chi connectivity index (χ4n) is 5.45. The van der Waals surface area contributed by atoms with Gasteiger partial charge in [-0.15, -0.1) is 10.2 Å². The maximum absolute atomic E-state index is 12.3. The van der Waals surface area contributed by atoms with Crippen molar-refractivity contribution in [3.05, 3.63) is 53.8 Å². The Morgan fingerprint density at radius 2 is 1.94 bits per heavy atom. The van der Waals surface area contributed by atoms with E-state index in [2.05, 4.69) is 49.2 Å². The molecule has 1 spiro atoms. The van der Waals surface area contributed by atoms with Crippen molar-refractivity contribution < 1.29 is 4.79 Å². The van der Waals surface area contributed by atoms with Crippen LogP contribution in [0.15, 0.2) is 48.8 Å². The van der Waals surface area contributed by atoms with Gasteiger partial charge in [0.25, 0.3) is 5.78 Å². The van der Waals surface area contributed by atoms with Gasteiger partial charge in [-0.05, 0) is 49.2 Å². The average molecular weight is 474 g/mol. The SMILES string of the molecule is CN(c1cccc(N2CC3(CN(C(=O)C4CC4)C3)C2)c1)c1nc2nncn2c2cc(Cl)ccc12. The number of rotatable bonds is 4. The van der Waals surface area contributed by atoms with Crippen molar-refractivity contribution in [1.82, 2.24) is 24.5 Å². The minimum Gasteiger partial charge on any atom is -0.370 e. The third-order valence-corrected chi connectivity index (χ3v) is 7.67. The highest BCUT2D eigenvalue weighted by molar-refractivity contribution is 6.31. The van der Waals surface area contributed by atoms with Gasteiger partial charge in [-0.25, -0.2) is 0 Å². The van der Waals surface area contributed by atoms with Crippen LogP contribution < -0.4 is 9.80 Å². The first kappa shape index (κ1) is 20.0. The molecule has 4 heterocycles. The van der Waals surface area contributed by atoms with Gasteiger partial charge < -0.3 is 14.7 Å². The number of hydrogen-bond donors (Lipinski definition) is 0. The molecule has 3 aliphatic rings. The second-order valence-corrected chi connectivity index (χ2v) is 10.4. The topological polar surface area (TPSA) is 69.9 Å². The molecule has 2 aliphatic heterocycles. The zero-order chi connectivity index (χ0) is 23.0. The fourth-order valence-corrected chi connectivity index (χ4v) is 5.62. The van der Waals surface area contributed by atoms with E-state index in [0.29, 0.717) is 22.6 Å². The first-order valence-electron chi connectivity index (χ1n) is 11.7. The molecule has 3 fully saturated rings. The van der Waals surface area contributed by atoms with Crippen molar-refractivity contribution in [2.75, 3.05) is 43.0 Å². The lowest BCUT2D eigenvalue weighted by Gasteiger charge is -2.61. The third kappa shape index (κ3) is 3.05. The third-order valence-electron chi connectivity index (χ3n) is 7.44. The van der Waals surface area contributed by atoms with Crippen LogP contribution in [0.1, 0.15) is 12.8 Å². The quantitative estimate of drug-likeness (QED) is 0.449. The number of carbonyl (C=O) groups excluding carboxylic acids is 1. The molecule has 8 nitrogen and oxygen atoms in total. The highest BCUT2D eigenvalue weighted by Crippen LogP contribution is 2.45. The van der Waals surface area contributed by atoms with E-state index in [1.165, 1.54) is 5.69 Å². The van der Waals surface area contributed by atoms with Crippen molar-refractivity contribution in [3.8, 4) is 0 Å². The molecular formula is C25H24ClN7O. The smallest absolute Gasteiger partial charge is 0.257 e. The van der Waals surface area contributed by atoms with Gasteiger partial charge in [-0.2, -0.15) is 4.98 Å². The van der Waals surface area contributed by atoms with Crippen molar-refractivity contribution >= 4 is 51.4 Å². The van der Waals surface area contributed by atoms with Gasteiger partial charge in [0.05, 0.1) is 5.52 Å². The zero-order valence-electron chi connectivity index (χ0n) is 18.9. The number of anilines is 3. The Morgan fingerprint density at radius 3 is 2.74 bits per heavy atom. The standard InChI is InChI=1S/C25H24ClN7O/c1-30(22-20-8-7-17(26)9-21(20)33-15-27-29-24(33)28-22)18-3-2-4-19(10-18)31-11-25(12-31)13-32(14-25)23(34)16-5-6-16/h2-4,7-10,15-16H,5-6,11-14H2,1H3. The Hall–Kier alpha value is -3.39. The van der Waals surface area contributed by atoms with Gasteiger partial charge in [0.15, 0.2) is 0 Å². The molecule has 34 heavy (non-hydrogen) atoms. The van der Waals surface area contributed by atoms with Crippen molar-refractivity contribution in [1.29, 1.82) is 0 Å². The number of halogens is 1. The molecular weight excluding hydrogens is 450 g/mol.